The van der Waals surface area contributed by atoms with Gasteiger partial charge in [-0.25, -0.2) is 9.78 Å². The van der Waals surface area contributed by atoms with Crippen molar-refractivity contribution >= 4 is 21.9 Å². The Morgan fingerprint density at radius 2 is 2.13 bits per heavy atom. The van der Waals surface area contributed by atoms with Gasteiger partial charge in [0.2, 0.25) is 5.95 Å². The van der Waals surface area contributed by atoms with Crippen LogP contribution in [0.5, 0.6) is 0 Å². The fraction of sp³-hybridized carbons (Fsp3) is 0.400. The highest BCUT2D eigenvalue weighted by Crippen LogP contribution is 2.17. The third-order valence-corrected chi connectivity index (χ3v) is 1.99. The lowest BCUT2D eigenvalue weighted by Gasteiger charge is -2.19. The number of carbonyl (C=O) groups is 1. The number of ether oxygens (including phenoxy) is 1. The average molecular weight is 276 g/mol. The lowest BCUT2D eigenvalue weighted by atomic mass is 10.2. The summed E-state index contributed by atoms with van der Waals surface area (Å²) in [6.45, 7) is 5.28. The summed E-state index contributed by atoms with van der Waals surface area (Å²) in [5, 5.41) is 0. The zero-order valence-electron chi connectivity index (χ0n) is 8.67. The Hall–Kier alpha value is -0.970. The molecule has 0 spiro atoms. The molecule has 5 heteroatoms. The molecule has 0 fully saturated rings. The van der Waals surface area contributed by atoms with E-state index in [1.807, 2.05) is 0 Å². The summed E-state index contributed by atoms with van der Waals surface area (Å²) in [4.78, 5) is 14.9. The molecular formula is C10H11BrFNO2. The maximum Gasteiger partial charge on any atom is 0.340 e. The highest BCUT2D eigenvalue weighted by Gasteiger charge is 2.18. The Morgan fingerprint density at radius 1 is 1.53 bits per heavy atom. The van der Waals surface area contributed by atoms with Crippen LogP contribution in [0.1, 0.15) is 31.1 Å². The molecule has 0 bridgehead atoms. The number of hydrogen-bond donors (Lipinski definition) is 0. The first kappa shape index (κ1) is 12.1. The second kappa shape index (κ2) is 4.26. The number of aromatic nitrogens is 1. The standard InChI is InChI=1S/C10H11BrFNO2/c1-10(2,3)15-9(14)6-4-7(11)8(12)13-5-6/h4-5H,1-3H3. The Labute approximate surface area is 95.8 Å². The van der Waals surface area contributed by atoms with E-state index in [-0.39, 0.29) is 10.0 Å². The Balaban J connectivity index is 2.88. The summed E-state index contributed by atoms with van der Waals surface area (Å²) in [6, 6.07) is 1.34. The van der Waals surface area contributed by atoms with Gasteiger partial charge in [-0.1, -0.05) is 0 Å². The third-order valence-electron chi connectivity index (χ3n) is 1.43. The molecular weight excluding hydrogens is 265 g/mol. The number of carbonyl (C=O) groups excluding carboxylic acids is 1. The summed E-state index contributed by atoms with van der Waals surface area (Å²) in [6.07, 6.45) is 1.15. The summed E-state index contributed by atoms with van der Waals surface area (Å²) < 4.78 is 18.0. The monoisotopic (exact) mass is 275 g/mol. The SMILES string of the molecule is CC(C)(C)OC(=O)c1cnc(F)c(Br)c1. The van der Waals surface area contributed by atoms with E-state index in [1.165, 1.54) is 6.07 Å². The zero-order valence-corrected chi connectivity index (χ0v) is 10.3. The molecule has 3 nitrogen and oxygen atoms in total. The van der Waals surface area contributed by atoms with Crippen LogP contribution in [-0.2, 0) is 4.74 Å². The van der Waals surface area contributed by atoms with Crippen molar-refractivity contribution in [2.45, 2.75) is 26.4 Å². The van der Waals surface area contributed by atoms with Crippen LogP contribution in [0.3, 0.4) is 0 Å². The van der Waals surface area contributed by atoms with Gasteiger partial charge in [-0.2, -0.15) is 4.39 Å². The topological polar surface area (TPSA) is 39.2 Å². The van der Waals surface area contributed by atoms with Crippen molar-refractivity contribution in [2.24, 2.45) is 0 Å². The van der Waals surface area contributed by atoms with E-state index in [9.17, 15) is 9.18 Å². The first-order valence-corrected chi connectivity index (χ1v) is 5.13. The molecule has 0 saturated heterocycles. The molecule has 0 atom stereocenters. The molecule has 0 unspecified atom stereocenters. The van der Waals surface area contributed by atoms with Gasteiger partial charge in [0.25, 0.3) is 0 Å². The van der Waals surface area contributed by atoms with Crippen LogP contribution in [-0.4, -0.2) is 16.6 Å². The Bertz CT molecular complexity index is 387. The minimum Gasteiger partial charge on any atom is -0.456 e. The van der Waals surface area contributed by atoms with E-state index in [0.717, 1.165) is 6.20 Å². The molecule has 1 aromatic rings. The Kier molecular flexibility index (Phi) is 3.44. The van der Waals surface area contributed by atoms with Crippen LogP contribution in [0.15, 0.2) is 16.7 Å². The van der Waals surface area contributed by atoms with Crippen LogP contribution in [0.4, 0.5) is 4.39 Å². The van der Waals surface area contributed by atoms with Crippen molar-refractivity contribution in [2.75, 3.05) is 0 Å². The first-order chi connectivity index (χ1) is 6.79. The predicted molar refractivity (Wildman–Crippen MR) is 57.1 cm³/mol. The predicted octanol–water partition coefficient (Wildman–Crippen LogP) is 2.94. The molecule has 0 aliphatic heterocycles. The molecule has 1 rings (SSSR count). The molecule has 0 radical (unpaired) electrons. The van der Waals surface area contributed by atoms with Crippen molar-refractivity contribution in [3.05, 3.63) is 28.2 Å². The van der Waals surface area contributed by atoms with Crippen LogP contribution < -0.4 is 0 Å². The van der Waals surface area contributed by atoms with Crippen molar-refractivity contribution in [3.8, 4) is 0 Å². The molecule has 0 aliphatic carbocycles. The van der Waals surface area contributed by atoms with Gasteiger partial charge < -0.3 is 4.74 Å². The quantitative estimate of drug-likeness (QED) is 0.584. The second-order valence-corrected chi connectivity index (χ2v) is 4.85. The van der Waals surface area contributed by atoms with Crippen molar-refractivity contribution in [1.82, 2.24) is 4.98 Å². The highest BCUT2D eigenvalue weighted by molar-refractivity contribution is 9.10. The molecule has 82 valence electrons. The maximum atomic E-state index is 12.8. The van der Waals surface area contributed by atoms with Gasteiger partial charge in [-0.3, -0.25) is 0 Å². The minimum absolute atomic E-state index is 0.144. The summed E-state index contributed by atoms with van der Waals surface area (Å²) in [5.74, 6) is -1.17. The number of rotatable bonds is 1. The molecule has 1 heterocycles. The van der Waals surface area contributed by atoms with E-state index < -0.39 is 17.5 Å². The van der Waals surface area contributed by atoms with Crippen molar-refractivity contribution in [3.63, 3.8) is 0 Å². The molecule has 0 aromatic carbocycles. The first-order valence-electron chi connectivity index (χ1n) is 4.34. The maximum absolute atomic E-state index is 12.8. The molecule has 1 aromatic heterocycles. The van der Waals surface area contributed by atoms with Crippen LogP contribution in [0, 0.1) is 5.95 Å². The number of halogens is 2. The van der Waals surface area contributed by atoms with Gasteiger partial charge in [0, 0.05) is 6.20 Å². The smallest absolute Gasteiger partial charge is 0.340 e. The van der Waals surface area contributed by atoms with Gasteiger partial charge in [0.1, 0.15) is 5.60 Å². The van der Waals surface area contributed by atoms with E-state index >= 15 is 0 Å². The largest absolute Gasteiger partial charge is 0.456 e. The van der Waals surface area contributed by atoms with Crippen LogP contribution in [0.2, 0.25) is 0 Å². The lowest BCUT2D eigenvalue weighted by molar-refractivity contribution is 0.00689. The molecule has 0 aliphatic rings. The zero-order chi connectivity index (χ0) is 11.6. The van der Waals surface area contributed by atoms with E-state index in [0.29, 0.717) is 0 Å². The fourth-order valence-electron chi connectivity index (χ4n) is 0.870. The van der Waals surface area contributed by atoms with Gasteiger partial charge in [0.15, 0.2) is 0 Å². The fourth-order valence-corrected chi connectivity index (χ4v) is 1.22. The number of hydrogen-bond acceptors (Lipinski definition) is 3. The van der Waals surface area contributed by atoms with Crippen LogP contribution in [0.25, 0.3) is 0 Å². The lowest BCUT2D eigenvalue weighted by Crippen LogP contribution is -2.24. The number of pyridine rings is 1. The van der Waals surface area contributed by atoms with Gasteiger partial charge in [0.05, 0.1) is 10.0 Å². The molecule has 0 amide bonds. The minimum atomic E-state index is -0.651. The summed E-state index contributed by atoms with van der Waals surface area (Å²) in [7, 11) is 0. The third kappa shape index (κ3) is 3.58. The van der Waals surface area contributed by atoms with E-state index in [4.69, 9.17) is 4.74 Å². The molecule has 15 heavy (non-hydrogen) atoms. The second-order valence-electron chi connectivity index (χ2n) is 4.00. The van der Waals surface area contributed by atoms with E-state index in [2.05, 4.69) is 20.9 Å². The van der Waals surface area contributed by atoms with Gasteiger partial charge >= 0.3 is 5.97 Å². The summed E-state index contributed by atoms with van der Waals surface area (Å²) >= 11 is 2.95. The van der Waals surface area contributed by atoms with Crippen molar-refractivity contribution < 1.29 is 13.9 Å². The highest BCUT2D eigenvalue weighted by atomic mass is 79.9. The molecule has 0 N–H and O–H groups in total. The summed E-state index contributed by atoms with van der Waals surface area (Å²) in [5.41, 5.74) is -0.351. The molecule has 0 saturated carbocycles. The van der Waals surface area contributed by atoms with Gasteiger partial charge in [-0.05, 0) is 42.8 Å². The number of esters is 1. The average Bonchev–Trinajstić information content (AvgIpc) is 2.06. The Morgan fingerprint density at radius 3 is 2.60 bits per heavy atom. The van der Waals surface area contributed by atoms with Gasteiger partial charge in [-0.15, -0.1) is 0 Å². The van der Waals surface area contributed by atoms with Crippen LogP contribution >= 0.6 is 15.9 Å². The van der Waals surface area contributed by atoms with Crippen molar-refractivity contribution in [1.29, 1.82) is 0 Å². The number of nitrogens with zero attached hydrogens (tertiary/aromatic N) is 1. The van der Waals surface area contributed by atoms with E-state index in [1.54, 1.807) is 20.8 Å². The normalized spacial score (nSPS) is 11.3.